The summed E-state index contributed by atoms with van der Waals surface area (Å²) in [7, 11) is 0. The first kappa shape index (κ1) is 16.7. The average Bonchev–Trinajstić information content (AvgIpc) is 2.50. The summed E-state index contributed by atoms with van der Waals surface area (Å²) in [6.07, 6.45) is 0. The van der Waals surface area contributed by atoms with Gasteiger partial charge in [0.2, 0.25) is 0 Å². The number of rotatable bonds is 5. The van der Waals surface area contributed by atoms with Crippen molar-refractivity contribution < 1.29 is 19.1 Å². The normalized spacial score (nSPS) is 10.3. The molecule has 0 spiro atoms. The Hall–Kier alpha value is -2.62. The summed E-state index contributed by atoms with van der Waals surface area (Å²) in [5.74, 6) is 0.558. The van der Waals surface area contributed by atoms with Crippen molar-refractivity contribution in [3.05, 3.63) is 58.7 Å². The van der Waals surface area contributed by atoms with Gasteiger partial charge in [0.15, 0.2) is 12.4 Å². The molecule has 23 heavy (non-hydrogen) atoms. The lowest BCUT2D eigenvalue weighted by Gasteiger charge is -2.12. The molecule has 0 unspecified atom stereocenters. The Bertz CT molecular complexity index is 730. The smallest absolute Gasteiger partial charge is 0.349 e. The van der Waals surface area contributed by atoms with Crippen molar-refractivity contribution in [1.29, 1.82) is 0 Å². The highest BCUT2D eigenvalue weighted by molar-refractivity contribution is 5.94. The molecule has 0 fully saturated rings. The van der Waals surface area contributed by atoms with Gasteiger partial charge in [-0.15, -0.1) is 0 Å². The molecule has 2 aromatic rings. The Morgan fingerprint density at radius 3 is 2.26 bits per heavy atom. The third kappa shape index (κ3) is 4.42. The number of carbonyl (C=O) groups excluding carboxylic acids is 2. The van der Waals surface area contributed by atoms with Gasteiger partial charge < -0.3 is 9.47 Å². The predicted molar refractivity (Wildman–Crippen MR) is 88.2 cm³/mol. The van der Waals surface area contributed by atoms with Crippen LogP contribution in [0.5, 0.6) is 11.5 Å². The van der Waals surface area contributed by atoms with E-state index in [-0.39, 0.29) is 12.4 Å². The van der Waals surface area contributed by atoms with Crippen molar-refractivity contribution in [3.63, 3.8) is 0 Å². The lowest BCUT2D eigenvalue weighted by Crippen LogP contribution is -2.18. The van der Waals surface area contributed by atoms with Crippen LogP contribution in [0.2, 0.25) is 0 Å². The molecule has 0 saturated heterocycles. The maximum atomic E-state index is 11.9. The molecule has 0 atom stereocenters. The first-order chi connectivity index (χ1) is 10.9. The second kappa shape index (κ2) is 7.09. The van der Waals surface area contributed by atoms with Crippen LogP contribution < -0.4 is 9.47 Å². The number of hydrogen-bond acceptors (Lipinski definition) is 4. The van der Waals surface area contributed by atoms with Gasteiger partial charge in [-0.25, -0.2) is 4.79 Å². The van der Waals surface area contributed by atoms with E-state index in [2.05, 4.69) is 6.07 Å². The molecule has 0 aliphatic rings. The molecule has 4 heteroatoms. The SMILES string of the molecule is CC(=O)c1ccc(OC(=O)COc2cc(C)cc(C)c2C)cc1. The van der Waals surface area contributed by atoms with Gasteiger partial charge in [0.1, 0.15) is 11.5 Å². The minimum Gasteiger partial charge on any atom is -0.482 e. The van der Waals surface area contributed by atoms with E-state index in [0.717, 1.165) is 16.7 Å². The van der Waals surface area contributed by atoms with Crippen molar-refractivity contribution in [1.82, 2.24) is 0 Å². The number of benzene rings is 2. The zero-order valence-electron chi connectivity index (χ0n) is 13.8. The van der Waals surface area contributed by atoms with Crippen molar-refractivity contribution in [2.24, 2.45) is 0 Å². The van der Waals surface area contributed by atoms with Gasteiger partial charge in [0.05, 0.1) is 0 Å². The molecule has 0 bridgehead atoms. The summed E-state index contributed by atoms with van der Waals surface area (Å²) in [6.45, 7) is 7.26. The number of ketones is 1. The van der Waals surface area contributed by atoms with Crippen LogP contribution >= 0.6 is 0 Å². The van der Waals surface area contributed by atoms with Crippen molar-refractivity contribution in [2.45, 2.75) is 27.7 Å². The Kier molecular flexibility index (Phi) is 5.16. The van der Waals surface area contributed by atoms with Gasteiger partial charge in [-0.1, -0.05) is 6.07 Å². The quantitative estimate of drug-likeness (QED) is 0.479. The molecule has 0 radical (unpaired) electrons. The van der Waals surface area contributed by atoms with Crippen LogP contribution in [-0.2, 0) is 4.79 Å². The maximum absolute atomic E-state index is 11.9. The maximum Gasteiger partial charge on any atom is 0.349 e. The lowest BCUT2D eigenvalue weighted by molar-refractivity contribution is -0.136. The molecule has 0 aliphatic heterocycles. The molecule has 0 aliphatic carbocycles. The molecule has 120 valence electrons. The van der Waals surface area contributed by atoms with Crippen LogP contribution in [0.4, 0.5) is 0 Å². The number of carbonyl (C=O) groups is 2. The van der Waals surface area contributed by atoms with Gasteiger partial charge in [-0.2, -0.15) is 0 Å². The topological polar surface area (TPSA) is 52.6 Å². The molecular weight excluding hydrogens is 292 g/mol. The monoisotopic (exact) mass is 312 g/mol. The van der Waals surface area contributed by atoms with Crippen LogP contribution in [0.25, 0.3) is 0 Å². The number of esters is 1. The van der Waals surface area contributed by atoms with E-state index in [1.54, 1.807) is 24.3 Å². The second-order valence-corrected chi connectivity index (χ2v) is 5.55. The summed E-state index contributed by atoms with van der Waals surface area (Å²) in [5.41, 5.74) is 3.78. The number of aryl methyl sites for hydroxylation is 2. The van der Waals surface area contributed by atoms with E-state index in [0.29, 0.717) is 17.1 Å². The van der Waals surface area contributed by atoms with E-state index < -0.39 is 5.97 Å². The number of Topliss-reactive ketones (excluding diaryl/α,β-unsaturated/α-hetero) is 1. The Balaban J connectivity index is 1.96. The summed E-state index contributed by atoms with van der Waals surface area (Å²) in [6, 6.07) is 10.4. The van der Waals surface area contributed by atoms with Crippen LogP contribution in [0.1, 0.15) is 34.0 Å². The molecule has 2 rings (SSSR count). The van der Waals surface area contributed by atoms with Crippen molar-refractivity contribution in [2.75, 3.05) is 6.61 Å². The largest absolute Gasteiger partial charge is 0.482 e. The fourth-order valence-electron chi connectivity index (χ4n) is 2.21. The summed E-state index contributed by atoms with van der Waals surface area (Å²) in [5, 5.41) is 0. The molecule has 4 nitrogen and oxygen atoms in total. The fourth-order valence-corrected chi connectivity index (χ4v) is 2.21. The van der Waals surface area contributed by atoms with Gasteiger partial charge >= 0.3 is 5.97 Å². The van der Waals surface area contributed by atoms with Crippen LogP contribution in [0.3, 0.4) is 0 Å². The Labute approximate surface area is 136 Å². The lowest BCUT2D eigenvalue weighted by atomic mass is 10.1. The van der Waals surface area contributed by atoms with E-state index in [1.165, 1.54) is 6.92 Å². The third-order valence-corrected chi connectivity index (χ3v) is 3.60. The summed E-state index contributed by atoms with van der Waals surface area (Å²) >= 11 is 0. The van der Waals surface area contributed by atoms with Gasteiger partial charge in [0, 0.05) is 5.56 Å². The third-order valence-electron chi connectivity index (χ3n) is 3.60. The summed E-state index contributed by atoms with van der Waals surface area (Å²) < 4.78 is 10.8. The van der Waals surface area contributed by atoms with Gasteiger partial charge in [0.25, 0.3) is 0 Å². The van der Waals surface area contributed by atoms with Crippen molar-refractivity contribution in [3.8, 4) is 11.5 Å². The minimum atomic E-state index is -0.487. The standard InChI is InChI=1S/C19H20O4/c1-12-9-13(2)14(3)18(10-12)22-11-19(21)23-17-7-5-16(6-8-17)15(4)20/h5-10H,11H2,1-4H3. The van der Waals surface area contributed by atoms with Gasteiger partial charge in [-0.3, -0.25) is 4.79 Å². The highest BCUT2D eigenvalue weighted by Crippen LogP contribution is 2.23. The van der Waals surface area contributed by atoms with Crippen LogP contribution in [0.15, 0.2) is 36.4 Å². The van der Waals surface area contributed by atoms with E-state index in [9.17, 15) is 9.59 Å². The van der Waals surface area contributed by atoms with E-state index in [4.69, 9.17) is 9.47 Å². The van der Waals surface area contributed by atoms with E-state index >= 15 is 0 Å². The van der Waals surface area contributed by atoms with Gasteiger partial charge in [-0.05, 0) is 74.7 Å². The zero-order chi connectivity index (χ0) is 17.0. The first-order valence-electron chi connectivity index (χ1n) is 7.39. The minimum absolute atomic E-state index is 0.0310. The molecule has 0 saturated carbocycles. The molecule has 0 N–H and O–H groups in total. The highest BCUT2D eigenvalue weighted by Gasteiger charge is 2.10. The summed E-state index contributed by atoms with van der Waals surface area (Å²) in [4.78, 5) is 23.1. The van der Waals surface area contributed by atoms with Crippen LogP contribution in [-0.4, -0.2) is 18.4 Å². The fraction of sp³-hybridized carbons (Fsp3) is 0.263. The number of ether oxygens (including phenoxy) is 2. The average molecular weight is 312 g/mol. The molecule has 0 amide bonds. The molecule has 0 heterocycles. The Morgan fingerprint density at radius 1 is 1.00 bits per heavy atom. The Morgan fingerprint density at radius 2 is 1.65 bits per heavy atom. The molecular formula is C19H20O4. The van der Waals surface area contributed by atoms with Crippen LogP contribution in [0, 0.1) is 20.8 Å². The van der Waals surface area contributed by atoms with E-state index in [1.807, 2.05) is 26.8 Å². The molecule has 0 aromatic heterocycles. The molecule has 2 aromatic carbocycles. The number of hydrogen-bond donors (Lipinski definition) is 0. The predicted octanol–water partition coefficient (Wildman–Crippen LogP) is 3.80. The second-order valence-electron chi connectivity index (χ2n) is 5.55. The highest BCUT2D eigenvalue weighted by atomic mass is 16.6. The first-order valence-corrected chi connectivity index (χ1v) is 7.39. The van der Waals surface area contributed by atoms with Crippen molar-refractivity contribution >= 4 is 11.8 Å². The zero-order valence-corrected chi connectivity index (χ0v) is 13.8.